The standard InChI is InChI=1S/C17H17N5O3/c1-21-8-11(6-20-21)25-16-10-22(9-15(16)23)17(24)12-2-5-19-14-3-4-18-7-13(12)14/h2-8,15-16,23H,9-10H2,1H3/t15-,16-/m1/s1. The van der Waals surface area contributed by atoms with E-state index in [0.717, 1.165) is 0 Å². The van der Waals surface area contributed by atoms with Gasteiger partial charge in [-0.25, -0.2) is 0 Å². The van der Waals surface area contributed by atoms with Crippen LogP contribution in [0.1, 0.15) is 10.4 Å². The number of rotatable bonds is 3. The van der Waals surface area contributed by atoms with E-state index in [4.69, 9.17) is 4.74 Å². The number of aliphatic hydroxyl groups is 1. The topological polar surface area (TPSA) is 93.4 Å². The summed E-state index contributed by atoms with van der Waals surface area (Å²) in [5.74, 6) is 0.399. The Morgan fingerprint density at radius 2 is 2.16 bits per heavy atom. The highest BCUT2D eigenvalue weighted by Crippen LogP contribution is 2.22. The molecule has 4 heterocycles. The van der Waals surface area contributed by atoms with Crippen LogP contribution in [0.25, 0.3) is 10.9 Å². The van der Waals surface area contributed by atoms with Gasteiger partial charge in [0.05, 0.1) is 36.6 Å². The number of fused-ring (bicyclic) bond motifs is 1. The van der Waals surface area contributed by atoms with Crippen LogP contribution in [0.15, 0.2) is 43.1 Å². The Balaban J connectivity index is 1.55. The number of amides is 1. The minimum atomic E-state index is -0.754. The second kappa shape index (κ2) is 6.14. The quantitative estimate of drug-likeness (QED) is 0.752. The molecule has 4 rings (SSSR count). The highest BCUT2D eigenvalue weighted by Gasteiger charge is 2.36. The summed E-state index contributed by atoms with van der Waals surface area (Å²) < 4.78 is 7.38. The highest BCUT2D eigenvalue weighted by molar-refractivity contribution is 6.05. The summed E-state index contributed by atoms with van der Waals surface area (Å²) in [5, 5.41) is 15.0. The normalized spacial score (nSPS) is 20.2. The highest BCUT2D eigenvalue weighted by atomic mass is 16.5. The first-order chi connectivity index (χ1) is 12.1. The average Bonchev–Trinajstić information content (AvgIpc) is 3.20. The van der Waals surface area contributed by atoms with Gasteiger partial charge in [0, 0.05) is 31.0 Å². The van der Waals surface area contributed by atoms with Crippen LogP contribution >= 0.6 is 0 Å². The molecule has 2 atom stereocenters. The Morgan fingerprint density at radius 3 is 2.96 bits per heavy atom. The van der Waals surface area contributed by atoms with Crippen molar-refractivity contribution in [3.8, 4) is 5.75 Å². The fourth-order valence-corrected chi connectivity index (χ4v) is 3.02. The number of hydrogen-bond acceptors (Lipinski definition) is 6. The molecule has 0 aromatic carbocycles. The van der Waals surface area contributed by atoms with Crippen LogP contribution in [0.5, 0.6) is 5.75 Å². The van der Waals surface area contributed by atoms with E-state index >= 15 is 0 Å². The van der Waals surface area contributed by atoms with Crippen LogP contribution in [-0.4, -0.2) is 61.0 Å². The Kier molecular flexibility index (Phi) is 3.81. The van der Waals surface area contributed by atoms with Crippen molar-refractivity contribution in [3.63, 3.8) is 0 Å². The van der Waals surface area contributed by atoms with Gasteiger partial charge in [-0.05, 0) is 12.1 Å². The number of nitrogens with zero attached hydrogens (tertiary/aromatic N) is 5. The minimum Gasteiger partial charge on any atom is -0.482 e. The van der Waals surface area contributed by atoms with E-state index in [-0.39, 0.29) is 12.5 Å². The van der Waals surface area contributed by atoms with Crippen LogP contribution in [0.2, 0.25) is 0 Å². The number of hydrogen-bond donors (Lipinski definition) is 1. The van der Waals surface area contributed by atoms with E-state index in [1.165, 1.54) is 0 Å². The molecule has 1 aliphatic rings. The van der Waals surface area contributed by atoms with Crippen molar-refractivity contribution in [2.24, 2.45) is 7.05 Å². The van der Waals surface area contributed by atoms with Gasteiger partial charge in [0.1, 0.15) is 12.2 Å². The molecule has 3 aromatic heterocycles. The lowest BCUT2D eigenvalue weighted by molar-refractivity contribution is 0.0729. The van der Waals surface area contributed by atoms with Gasteiger partial charge in [0.15, 0.2) is 5.75 Å². The molecular weight excluding hydrogens is 322 g/mol. The van der Waals surface area contributed by atoms with Gasteiger partial charge >= 0.3 is 0 Å². The van der Waals surface area contributed by atoms with Gasteiger partial charge < -0.3 is 14.7 Å². The number of pyridine rings is 2. The van der Waals surface area contributed by atoms with E-state index < -0.39 is 12.2 Å². The fraction of sp³-hybridized carbons (Fsp3) is 0.294. The lowest BCUT2D eigenvalue weighted by Gasteiger charge is -2.17. The van der Waals surface area contributed by atoms with Crippen molar-refractivity contribution in [2.75, 3.05) is 13.1 Å². The zero-order valence-corrected chi connectivity index (χ0v) is 13.6. The SMILES string of the molecule is Cn1cc(O[C@@H]2CN(C(=O)c3ccnc4ccncc34)C[C@H]2O)cn1. The summed E-state index contributed by atoms with van der Waals surface area (Å²) in [5.41, 5.74) is 1.23. The molecule has 1 fully saturated rings. The van der Waals surface area contributed by atoms with Crippen LogP contribution < -0.4 is 4.74 Å². The molecule has 0 saturated carbocycles. The molecule has 1 N–H and O–H groups in total. The molecule has 0 bridgehead atoms. The number of aliphatic hydroxyl groups excluding tert-OH is 1. The third-order valence-electron chi connectivity index (χ3n) is 4.27. The second-order valence-corrected chi connectivity index (χ2v) is 6.03. The maximum atomic E-state index is 12.9. The Morgan fingerprint density at radius 1 is 1.28 bits per heavy atom. The van der Waals surface area contributed by atoms with Crippen LogP contribution in [0, 0.1) is 0 Å². The largest absolute Gasteiger partial charge is 0.482 e. The van der Waals surface area contributed by atoms with E-state index in [0.29, 0.717) is 28.8 Å². The molecule has 128 valence electrons. The summed E-state index contributed by atoms with van der Waals surface area (Å²) in [4.78, 5) is 22.8. The van der Waals surface area contributed by atoms with Gasteiger partial charge in [0.2, 0.25) is 0 Å². The van der Waals surface area contributed by atoms with Gasteiger partial charge in [-0.15, -0.1) is 0 Å². The lowest BCUT2D eigenvalue weighted by atomic mass is 10.1. The molecule has 25 heavy (non-hydrogen) atoms. The first-order valence-electron chi connectivity index (χ1n) is 7.93. The Hall–Kier alpha value is -3.00. The predicted octanol–water partition coefficient (Wildman–Crippen LogP) is 0.628. The summed E-state index contributed by atoms with van der Waals surface area (Å²) in [6, 6.07) is 3.44. The smallest absolute Gasteiger partial charge is 0.254 e. The van der Waals surface area contributed by atoms with E-state index in [9.17, 15) is 9.90 Å². The molecule has 1 aliphatic heterocycles. The van der Waals surface area contributed by atoms with E-state index in [2.05, 4.69) is 15.1 Å². The van der Waals surface area contributed by atoms with Crippen molar-refractivity contribution in [2.45, 2.75) is 12.2 Å². The third-order valence-corrected chi connectivity index (χ3v) is 4.27. The number of likely N-dealkylation sites (tertiary alicyclic amines) is 1. The summed E-state index contributed by atoms with van der Waals surface area (Å²) in [7, 11) is 1.79. The zero-order valence-electron chi connectivity index (χ0n) is 13.6. The molecule has 1 amide bonds. The van der Waals surface area contributed by atoms with Crippen LogP contribution in [0.4, 0.5) is 0 Å². The molecule has 0 radical (unpaired) electrons. The van der Waals surface area contributed by atoms with E-state index in [1.807, 2.05) is 0 Å². The molecule has 0 spiro atoms. The first kappa shape index (κ1) is 15.5. The summed E-state index contributed by atoms with van der Waals surface area (Å²) in [6.07, 6.45) is 6.94. The third kappa shape index (κ3) is 2.91. The Labute approximate surface area is 143 Å². The van der Waals surface area contributed by atoms with Crippen molar-refractivity contribution in [1.82, 2.24) is 24.6 Å². The van der Waals surface area contributed by atoms with Gasteiger partial charge in [-0.2, -0.15) is 5.10 Å². The summed E-state index contributed by atoms with van der Waals surface area (Å²) in [6.45, 7) is 0.521. The Bertz CT molecular complexity index is 920. The molecule has 3 aromatic rings. The monoisotopic (exact) mass is 339 g/mol. The van der Waals surface area contributed by atoms with Crippen LogP contribution in [0.3, 0.4) is 0 Å². The fourth-order valence-electron chi connectivity index (χ4n) is 3.02. The van der Waals surface area contributed by atoms with Crippen molar-refractivity contribution < 1.29 is 14.6 Å². The van der Waals surface area contributed by atoms with Gasteiger partial charge in [0.25, 0.3) is 5.91 Å². The summed E-state index contributed by atoms with van der Waals surface area (Å²) >= 11 is 0. The number of β-amino-alcohol motifs (C(OH)–C–C–N with tert-alkyl or cyclic N) is 1. The minimum absolute atomic E-state index is 0.170. The van der Waals surface area contributed by atoms with Crippen LogP contribution in [-0.2, 0) is 7.05 Å². The first-order valence-corrected chi connectivity index (χ1v) is 7.93. The molecule has 0 aliphatic carbocycles. The second-order valence-electron chi connectivity index (χ2n) is 6.03. The van der Waals surface area contributed by atoms with Crippen molar-refractivity contribution in [1.29, 1.82) is 0 Å². The zero-order chi connectivity index (χ0) is 17.4. The molecular formula is C17H17N5O3. The maximum absolute atomic E-state index is 12.9. The number of aryl methyl sites for hydroxylation is 1. The molecule has 8 heteroatoms. The number of ether oxygens (including phenoxy) is 1. The molecule has 0 unspecified atom stereocenters. The molecule has 1 saturated heterocycles. The van der Waals surface area contributed by atoms with Crippen molar-refractivity contribution >= 4 is 16.8 Å². The maximum Gasteiger partial charge on any atom is 0.254 e. The number of aromatic nitrogens is 4. The lowest BCUT2D eigenvalue weighted by Crippen LogP contribution is -2.31. The van der Waals surface area contributed by atoms with Gasteiger partial charge in [-0.3, -0.25) is 19.4 Å². The number of carbonyl (C=O) groups is 1. The average molecular weight is 339 g/mol. The van der Waals surface area contributed by atoms with Crippen molar-refractivity contribution in [3.05, 3.63) is 48.7 Å². The van der Waals surface area contributed by atoms with E-state index in [1.54, 1.807) is 59.7 Å². The van der Waals surface area contributed by atoms with Gasteiger partial charge in [-0.1, -0.05) is 0 Å². The number of carbonyl (C=O) groups excluding carboxylic acids is 1. The predicted molar refractivity (Wildman–Crippen MR) is 89.1 cm³/mol. The molecule has 8 nitrogen and oxygen atoms in total.